The van der Waals surface area contributed by atoms with Gasteiger partial charge in [0.05, 0.1) is 47.2 Å². The molecule has 28 heavy (non-hydrogen) atoms. The van der Waals surface area contributed by atoms with E-state index in [1.165, 1.54) is 45.5 Å². The fraction of sp³-hybridized carbons (Fsp3) is 0.476. The van der Waals surface area contributed by atoms with Crippen molar-refractivity contribution < 1.29 is 28.3 Å². The highest BCUT2D eigenvalue weighted by Crippen LogP contribution is 2.38. The van der Waals surface area contributed by atoms with Gasteiger partial charge in [-0.3, -0.25) is 4.79 Å². The quantitative estimate of drug-likeness (QED) is 0.721. The standard InChI is InChI=1S/C21H28N2O5/c1-25-18-12-15(13-19(26-2)20(18)27-3)21(24)22-14-16(17-8-7-11-28-17)23-9-5-4-6-10-23/h7-8,11-13,16H,4-6,9-10,14H2,1-3H3,(H,22,24)/p+1/t16-/m1/s1. The Hall–Kier alpha value is -2.67. The van der Waals surface area contributed by atoms with Crippen LogP contribution in [0.2, 0.25) is 0 Å². The van der Waals surface area contributed by atoms with Gasteiger partial charge in [-0.1, -0.05) is 0 Å². The van der Waals surface area contributed by atoms with Crippen LogP contribution in [0.4, 0.5) is 0 Å². The Morgan fingerprint density at radius 3 is 2.32 bits per heavy atom. The SMILES string of the molecule is COc1cc(C(=O)NC[C@H](c2ccco2)[NH+]2CCCCC2)cc(OC)c1OC. The first-order chi connectivity index (χ1) is 13.7. The number of likely N-dealkylation sites (tertiary alicyclic amines) is 1. The molecule has 2 heterocycles. The lowest BCUT2D eigenvalue weighted by Gasteiger charge is -2.30. The number of carbonyl (C=O) groups excluding carboxylic acids is 1. The van der Waals surface area contributed by atoms with Crippen LogP contribution in [-0.2, 0) is 0 Å². The fourth-order valence-electron chi connectivity index (χ4n) is 3.80. The van der Waals surface area contributed by atoms with E-state index in [0.717, 1.165) is 18.8 Å². The summed E-state index contributed by atoms with van der Waals surface area (Å²) < 4.78 is 21.7. The summed E-state index contributed by atoms with van der Waals surface area (Å²) in [7, 11) is 4.60. The van der Waals surface area contributed by atoms with Gasteiger partial charge in [-0.05, 0) is 43.5 Å². The second-order valence-electron chi connectivity index (χ2n) is 6.91. The first kappa shape index (κ1) is 20.1. The van der Waals surface area contributed by atoms with Gasteiger partial charge in [-0.15, -0.1) is 0 Å². The molecule has 1 fully saturated rings. The number of rotatable bonds is 8. The average molecular weight is 389 g/mol. The number of benzene rings is 1. The van der Waals surface area contributed by atoms with Gasteiger partial charge < -0.3 is 28.8 Å². The van der Waals surface area contributed by atoms with E-state index < -0.39 is 0 Å². The minimum Gasteiger partial charge on any atom is -0.493 e. The zero-order valence-electron chi connectivity index (χ0n) is 16.7. The molecule has 1 atom stereocenters. The number of carbonyl (C=O) groups is 1. The second-order valence-corrected chi connectivity index (χ2v) is 6.91. The largest absolute Gasteiger partial charge is 0.493 e. The molecule has 1 aromatic carbocycles. The monoisotopic (exact) mass is 389 g/mol. The third kappa shape index (κ3) is 4.42. The molecule has 7 heteroatoms. The second kappa shape index (κ2) is 9.50. The lowest BCUT2D eigenvalue weighted by atomic mass is 10.1. The third-order valence-electron chi connectivity index (χ3n) is 5.27. The number of methoxy groups -OCH3 is 3. The molecule has 0 radical (unpaired) electrons. The van der Waals surface area contributed by atoms with Gasteiger partial charge in [0, 0.05) is 5.56 Å². The summed E-state index contributed by atoms with van der Waals surface area (Å²) in [5, 5.41) is 3.05. The van der Waals surface area contributed by atoms with Gasteiger partial charge in [0.2, 0.25) is 5.75 Å². The summed E-state index contributed by atoms with van der Waals surface area (Å²) >= 11 is 0. The molecule has 2 N–H and O–H groups in total. The Morgan fingerprint density at radius 2 is 1.79 bits per heavy atom. The van der Waals surface area contributed by atoms with Crippen LogP contribution in [0.25, 0.3) is 0 Å². The van der Waals surface area contributed by atoms with Crippen LogP contribution in [0.5, 0.6) is 17.2 Å². The van der Waals surface area contributed by atoms with Crippen molar-refractivity contribution in [1.29, 1.82) is 0 Å². The van der Waals surface area contributed by atoms with Crippen molar-refractivity contribution in [2.75, 3.05) is 41.0 Å². The van der Waals surface area contributed by atoms with Crippen molar-refractivity contribution in [2.24, 2.45) is 0 Å². The Balaban J connectivity index is 1.75. The predicted molar refractivity (Wildman–Crippen MR) is 104 cm³/mol. The van der Waals surface area contributed by atoms with Crippen LogP contribution in [-0.4, -0.2) is 46.9 Å². The zero-order chi connectivity index (χ0) is 19.9. The average Bonchev–Trinajstić information content (AvgIpc) is 3.27. The molecule has 0 unspecified atom stereocenters. The van der Waals surface area contributed by atoms with Crippen LogP contribution < -0.4 is 24.4 Å². The maximum absolute atomic E-state index is 12.8. The number of hydrogen-bond acceptors (Lipinski definition) is 5. The summed E-state index contributed by atoms with van der Waals surface area (Å²) in [5.41, 5.74) is 0.460. The molecular formula is C21H29N2O5+. The van der Waals surface area contributed by atoms with E-state index in [2.05, 4.69) is 5.32 Å². The first-order valence-corrected chi connectivity index (χ1v) is 9.64. The van der Waals surface area contributed by atoms with E-state index in [1.807, 2.05) is 12.1 Å². The number of ether oxygens (including phenoxy) is 3. The number of nitrogens with one attached hydrogen (secondary N) is 2. The molecule has 3 rings (SSSR count). The summed E-state index contributed by atoms with van der Waals surface area (Å²) in [4.78, 5) is 14.3. The van der Waals surface area contributed by atoms with Gasteiger partial charge in [-0.2, -0.15) is 0 Å². The number of hydrogen-bond donors (Lipinski definition) is 2. The highest BCUT2D eigenvalue weighted by Gasteiger charge is 2.29. The van der Waals surface area contributed by atoms with Crippen LogP contribution >= 0.6 is 0 Å². The van der Waals surface area contributed by atoms with Crippen molar-refractivity contribution in [2.45, 2.75) is 25.3 Å². The minimum absolute atomic E-state index is 0.0984. The summed E-state index contributed by atoms with van der Waals surface area (Å²) in [5.74, 6) is 2.09. The minimum atomic E-state index is -0.188. The summed E-state index contributed by atoms with van der Waals surface area (Å²) in [6, 6.07) is 7.30. The van der Waals surface area contributed by atoms with Crippen LogP contribution in [0.1, 0.15) is 41.4 Å². The van der Waals surface area contributed by atoms with E-state index >= 15 is 0 Å². The predicted octanol–water partition coefficient (Wildman–Crippen LogP) is 1.85. The number of quaternary nitrogens is 1. The summed E-state index contributed by atoms with van der Waals surface area (Å²) in [6.45, 7) is 2.68. The van der Waals surface area contributed by atoms with E-state index in [0.29, 0.717) is 29.4 Å². The summed E-state index contributed by atoms with van der Waals surface area (Å²) in [6.07, 6.45) is 5.36. The number of furan rings is 1. The Labute approximate surface area is 165 Å². The van der Waals surface area contributed by atoms with Gasteiger partial charge in [-0.25, -0.2) is 0 Å². The van der Waals surface area contributed by atoms with Crippen molar-refractivity contribution in [3.8, 4) is 17.2 Å². The molecule has 1 aliphatic rings. The Kier molecular flexibility index (Phi) is 6.81. The molecule has 1 saturated heterocycles. The van der Waals surface area contributed by atoms with Crippen molar-refractivity contribution in [3.05, 3.63) is 41.9 Å². The number of amides is 1. The van der Waals surface area contributed by atoms with Crippen LogP contribution in [0.15, 0.2) is 34.9 Å². The highest BCUT2D eigenvalue weighted by atomic mass is 16.5. The van der Waals surface area contributed by atoms with Crippen molar-refractivity contribution >= 4 is 5.91 Å². The van der Waals surface area contributed by atoms with E-state index in [4.69, 9.17) is 18.6 Å². The normalized spacial score (nSPS) is 15.7. The van der Waals surface area contributed by atoms with E-state index in [9.17, 15) is 4.79 Å². The molecule has 7 nitrogen and oxygen atoms in total. The molecule has 0 spiro atoms. The molecule has 1 aliphatic heterocycles. The van der Waals surface area contributed by atoms with Crippen LogP contribution in [0, 0.1) is 0 Å². The number of piperidine rings is 1. The Morgan fingerprint density at radius 1 is 1.11 bits per heavy atom. The van der Waals surface area contributed by atoms with Gasteiger partial charge in [0.15, 0.2) is 23.3 Å². The lowest BCUT2D eigenvalue weighted by Crippen LogP contribution is -3.13. The van der Waals surface area contributed by atoms with Crippen molar-refractivity contribution in [1.82, 2.24) is 5.32 Å². The Bertz CT molecular complexity index is 744. The zero-order valence-corrected chi connectivity index (χ0v) is 16.7. The molecule has 152 valence electrons. The molecular weight excluding hydrogens is 360 g/mol. The van der Waals surface area contributed by atoms with Gasteiger partial charge in [0.1, 0.15) is 0 Å². The molecule has 0 bridgehead atoms. The van der Waals surface area contributed by atoms with Crippen LogP contribution in [0.3, 0.4) is 0 Å². The molecule has 1 amide bonds. The topological polar surface area (TPSA) is 74.4 Å². The van der Waals surface area contributed by atoms with Gasteiger partial charge in [0.25, 0.3) is 5.91 Å². The maximum Gasteiger partial charge on any atom is 0.251 e. The van der Waals surface area contributed by atoms with E-state index in [1.54, 1.807) is 18.4 Å². The smallest absolute Gasteiger partial charge is 0.251 e. The fourth-order valence-corrected chi connectivity index (χ4v) is 3.80. The third-order valence-corrected chi connectivity index (χ3v) is 5.27. The van der Waals surface area contributed by atoms with Crippen molar-refractivity contribution in [3.63, 3.8) is 0 Å². The molecule has 0 saturated carbocycles. The maximum atomic E-state index is 12.8. The molecule has 2 aromatic rings. The van der Waals surface area contributed by atoms with Gasteiger partial charge >= 0.3 is 0 Å². The molecule has 1 aromatic heterocycles. The highest BCUT2D eigenvalue weighted by molar-refractivity contribution is 5.95. The van der Waals surface area contributed by atoms with E-state index in [-0.39, 0.29) is 11.9 Å². The molecule has 0 aliphatic carbocycles. The lowest BCUT2D eigenvalue weighted by molar-refractivity contribution is -0.936. The first-order valence-electron chi connectivity index (χ1n) is 9.64.